The average Bonchev–Trinajstić information content (AvgIpc) is 2.22. The Hall–Kier alpha value is -0.580. The second-order valence-electron chi connectivity index (χ2n) is 3.78. The second-order valence-corrected chi connectivity index (χ2v) is 5.38. The molecule has 0 aromatic heterocycles. The Kier molecular flexibility index (Phi) is 3.29. The number of fused-ring (bicyclic) bond motifs is 1. The lowest BCUT2D eigenvalue weighted by atomic mass is 9.89. The number of hydrogen-bond acceptors (Lipinski definition) is 2. The summed E-state index contributed by atoms with van der Waals surface area (Å²) in [6.45, 7) is 1.47. The van der Waals surface area contributed by atoms with Crippen molar-refractivity contribution in [3.8, 4) is 0 Å². The lowest BCUT2D eigenvalue weighted by molar-refractivity contribution is -0.146. The molecule has 1 aromatic rings. The van der Waals surface area contributed by atoms with Gasteiger partial charge in [0.25, 0.3) is 0 Å². The van der Waals surface area contributed by atoms with Crippen LogP contribution < -0.4 is 0 Å². The molecule has 1 aromatic carbocycles. The maximum Gasteiger partial charge on any atom is 0.303 e. The summed E-state index contributed by atoms with van der Waals surface area (Å²) >= 11 is 2.37. The van der Waals surface area contributed by atoms with E-state index in [1.807, 2.05) is 12.1 Å². The smallest absolute Gasteiger partial charge is 0.303 e. The first kappa shape index (κ1) is 10.9. The number of benzene rings is 1. The van der Waals surface area contributed by atoms with Crippen molar-refractivity contribution in [3.63, 3.8) is 0 Å². The van der Waals surface area contributed by atoms with Crippen LogP contribution in [0.5, 0.6) is 0 Å². The van der Waals surface area contributed by atoms with Gasteiger partial charge < -0.3 is 4.74 Å². The van der Waals surface area contributed by atoms with E-state index in [0.717, 1.165) is 12.8 Å². The molecule has 0 saturated heterocycles. The van der Waals surface area contributed by atoms with Crippen LogP contribution >= 0.6 is 22.6 Å². The second kappa shape index (κ2) is 4.51. The summed E-state index contributed by atoms with van der Waals surface area (Å²) in [6, 6.07) is 8.23. The van der Waals surface area contributed by atoms with Gasteiger partial charge in [-0.25, -0.2) is 0 Å². The molecule has 0 amide bonds. The van der Waals surface area contributed by atoms with Gasteiger partial charge in [0.05, 0.1) is 3.92 Å². The molecule has 0 unspecified atom stereocenters. The molecule has 15 heavy (non-hydrogen) atoms. The van der Waals surface area contributed by atoms with Crippen molar-refractivity contribution in [2.75, 3.05) is 0 Å². The van der Waals surface area contributed by atoms with E-state index in [0.29, 0.717) is 3.92 Å². The van der Waals surface area contributed by atoms with E-state index in [2.05, 4.69) is 34.7 Å². The summed E-state index contributed by atoms with van der Waals surface area (Å²) < 4.78 is 5.77. The minimum atomic E-state index is -0.196. The molecule has 3 heteroatoms. The normalized spacial score (nSPS) is 24.4. The van der Waals surface area contributed by atoms with Gasteiger partial charge in [-0.2, -0.15) is 0 Å². The Labute approximate surface area is 103 Å². The van der Waals surface area contributed by atoms with Gasteiger partial charge in [0.2, 0.25) is 0 Å². The van der Waals surface area contributed by atoms with E-state index in [1.165, 1.54) is 18.1 Å². The number of alkyl halides is 1. The van der Waals surface area contributed by atoms with Crippen LogP contribution in [-0.4, -0.2) is 9.89 Å². The molecule has 2 rings (SSSR count). The molecule has 0 fully saturated rings. The van der Waals surface area contributed by atoms with E-state index in [1.54, 1.807) is 0 Å². The van der Waals surface area contributed by atoms with E-state index in [9.17, 15) is 4.79 Å². The van der Waals surface area contributed by atoms with Crippen molar-refractivity contribution in [3.05, 3.63) is 35.4 Å². The fourth-order valence-corrected chi connectivity index (χ4v) is 2.84. The van der Waals surface area contributed by atoms with Crippen LogP contribution in [0.1, 0.15) is 30.6 Å². The fraction of sp³-hybridized carbons (Fsp3) is 0.417. The van der Waals surface area contributed by atoms with Crippen LogP contribution in [0.15, 0.2) is 24.3 Å². The fourth-order valence-electron chi connectivity index (χ4n) is 2.00. The standard InChI is InChI=1S/C12H13IO2/c1-8(14)15-12-10-5-3-2-4-9(10)6-7-11(12)13/h2-5,11-12H,6-7H2,1H3/t11-,12-/m1/s1. The number of ether oxygens (including phenoxy) is 1. The predicted octanol–water partition coefficient (Wildman–Crippen LogP) is 3.04. The molecule has 1 aliphatic carbocycles. The molecular weight excluding hydrogens is 303 g/mol. The van der Waals surface area contributed by atoms with Gasteiger partial charge in [-0.05, 0) is 24.0 Å². The summed E-state index contributed by atoms with van der Waals surface area (Å²) in [5.74, 6) is -0.196. The van der Waals surface area contributed by atoms with Crippen LogP contribution in [0.2, 0.25) is 0 Å². The highest BCUT2D eigenvalue weighted by Gasteiger charge is 2.29. The lowest BCUT2D eigenvalue weighted by Gasteiger charge is -2.29. The molecule has 0 spiro atoms. The number of rotatable bonds is 1. The van der Waals surface area contributed by atoms with Crippen LogP contribution in [0.3, 0.4) is 0 Å². The Morgan fingerprint density at radius 3 is 2.93 bits per heavy atom. The molecule has 2 atom stereocenters. The molecule has 0 heterocycles. The van der Waals surface area contributed by atoms with Crippen molar-refractivity contribution in [2.24, 2.45) is 0 Å². The van der Waals surface area contributed by atoms with Gasteiger partial charge >= 0.3 is 5.97 Å². The van der Waals surface area contributed by atoms with Gasteiger partial charge in [0, 0.05) is 6.92 Å². The minimum absolute atomic E-state index is 0.0620. The third-order valence-corrected chi connectivity index (χ3v) is 3.95. The topological polar surface area (TPSA) is 26.3 Å². The molecule has 80 valence electrons. The number of esters is 1. The minimum Gasteiger partial charge on any atom is -0.457 e. The third kappa shape index (κ3) is 2.33. The van der Waals surface area contributed by atoms with Crippen LogP contribution in [0.25, 0.3) is 0 Å². The Morgan fingerprint density at radius 2 is 2.20 bits per heavy atom. The Bertz CT molecular complexity index is 376. The van der Waals surface area contributed by atoms with Gasteiger partial charge in [-0.15, -0.1) is 0 Å². The maximum atomic E-state index is 11.0. The average molecular weight is 316 g/mol. The monoisotopic (exact) mass is 316 g/mol. The number of carbonyl (C=O) groups excluding carboxylic acids is 1. The van der Waals surface area contributed by atoms with Crippen molar-refractivity contribution in [2.45, 2.75) is 29.8 Å². The van der Waals surface area contributed by atoms with E-state index in [-0.39, 0.29) is 12.1 Å². The van der Waals surface area contributed by atoms with Crippen molar-refractivity contribution < 1.29 is 9.53 Å². The summed E-state index contributed by atoms with van der Waals surface area (Å²) in [6.07, 6.45) is 2.10. The van der Waals surface area contributed by atoms with Crippen LogP contribution in [-0.2, 0) is 16.0 Å². The zero-order valence-corrected chi connectivity index (χ0v) is 10.7. The first-order valence-electron chi connectivity index (χ1n) is 5.07. The predicted molar refractivity (Wildman–Crippen MR) is 67.1 cm³/mol. The number of hydrogen-bond donors (Lipinski definition) is 0. The van der Waals surface area contributed by atoms with Gasteiger partial charge in [-0.1, -0.05) is 46.9 Å². The number of carbonyl (C=O) groups is 1. The SMILES string of the molecule is CC(=O)O[C@@H]1c2ccccc2CC[C@H]1I. The molecule has 0 saturated carbocycles. The molecule has 0 radical (unpaired) electrons. The lowest BCUT2D eigenvalue weighted by Crippen LogP contribution is -2.24. The largest absolute Gasteiger partial charge is 0.457 e. The van der Waals surface area contributed by atoms with Crippen LogP contribution in [0, 0.1) is 0 Å². The first-order chi connectivity index (χ1) is 7.18. The highest BCUT2D eigenvalue weighted by atomic mass is 127. The highest BCUT2D eigenvalue weighted by molar-refractivity contribution is 14.1. The molecule has 0 N–H and O–H groups in total. The van der Waals surface area contributed by atoms with Gasteiger partial charge in [-0.3, -0.25) is 4.79 Å². The summed E-state index contributed by atoms with van der Waals surface area (Å²) in [4.78, 5) is 11.0. The zero-order chi connectivity index (χ0) is 10.8. The zero-order valence-electron chi connectivity index (χ0n) is 8.57. The Morgan fingerprint density at radius 1 is 1.47 bits per heavy atom. The molecule has 2 nitrogen and oxygen atoms in total. The first-order valence-corrected chi connectivity index (χ1v) is 6.32. The van der Waals surface area contributed by atoms with Crippen molar-refractivity contribution in [1.82, 2.24) is 0 Å². The molecule has 0 bridgehead atoms. The molecular formula is C12H13IO2. The van der Waals surface area contributed by atoms with Crippen molar-refractivity contribution in [1.29, 1.82) is 0 Å². The maximum absolute atomic E-state index is 11.0. The summed E-state index contributed by atoms with van der Waals surface area (Å²) in [7, 11) is 0. The van der Waals surface area contributed by atoms with E-state index in [4.69, 9.17) is 4.74 Å². The summed E-state index contributed by atoms with van der Waals surface area (Å²) in [5.41, 5.74) is 2.50. The number of aryl methyl sites for hydroxylation is 1. The molecule has 0 aliphatic heterocycles. The van der Waals surface area contributed by atoms with Crippen molar-refractivity contribution >= 4 is 28.6 Å². The summed E-state index contributed by atoms with van der Waals surface area (Å²) in [5, 5.41) is 0. The Balaban J connectivity index is 2.32. The quantitative estimate of drug-likeness (QED) is 0.452. The highest BCUT2D eigenvalue weighted by Crippen LogP contribution is 2.37. The number of halogens is 1. The van der Waals surface area contributed by atoms with Crippen LogP contribution in [0.4, 0.5) is 0 Å². The van der Waals surface area contributed by atoms with E-state index >= 15 is 0 Å². The van der Waals surface area contributed by atoms with Gasteiger partial charge in [0.15, 0.2) is 0 Å². The van der Waals surface area contributed by atoms with E-state index < -0.39 is 0 Å². The third-order valence-electron chi connectivity index (χ3n) is 2.67. The van der Waals surface area contributed by atoms with Gasteiger partial charge in [0.1, 0.15) is 6.10 Å². The molecule has 1 aliphatic rings.